The summed E-state index contributed by atoms with van der Waals surface area (Å²) in [5.41, 5.74) is 0. The van der Waals surface area contributed by atoms with Crippen LogP contribution < -0.4 is 0 Å². The minimum atomic E-state index is -1.34. The Kier molecular flexibility index (Phi) is 6.65. The average molecular weight is 198 g/mol. The molecule has 14 heavy (non-hydrogen) atoms. The fourth-order valence-corrected chi connectivity index (χ4v) is 1.15. The van der Waals surface area contributed by atoms with Crippen LogP contribution in [0, 0.1) is 23.9 Å². The fourth-order valence-electron chi connectivity index (χ4n) is 1.15. The second-order valence-electron chi connectivity index (χ2n) is 3.61. The quantitative estimate of drug-likeness (QED) is 0.557. The lowest BCUT2D eigenvalue weighted by Gasteiger charge is -2.12. The van der Waals surface area contributed by atoms with Gasteiger partial charge in [0.05, 0.1) is 0 Å². The molecule has 0 fully saturated rings. The number of hydrogen-bond acceptors (Lipinski definition) is 2. The van der Waals surface area contributed by atoms with Gasteiger partial charge >= 0.3 is 6.16 Å². The second-order valence-corrected chi connectivity index (χ2v) is 3.61. The van der Waals surface area contributed by atoms with Gasteiger partial charge in [0, 0.05) is 5.92 Å². The minimum absolute atomic E-state index is 0.231. The van der Waals surface area contributed by atoms with E-state index in [2.05, 4.69) is 37.5 Å². The Morgan fingerprint density at radius 1 is 1.50 bits per heavy atom. The highest BCUT2D eigenvalue weighted by atomic mass is 16.7. The summed E-state index contributed by atoms with van der Waals surface area (Å²) in [6.07, 6.45) is 4.14. The van der Waals surface area contributed by atoms with E-state index in [0.717, 1.165) is 19.3 Å². The third-order valence-electron chi connectivity index (χ3n) is 2.06. The van der Waals surface area contributed by atoms with Crippen molar-refractivity contribution in [3.05, 3.63) is 0 Å². The topological polar surface area (TPSA) is 46.5 Å². The van der Waals surface area contributed by atoms with Gasteiger partial charge in [0.1, 0.15) is 6.11 Å². The van der Waals surface area contributed by atoms with E-state index in [1.54, 1.807) is 0 Å². The van der Waals surface area contributed by atoms with E-state index in [0.29, 0.717) is 5.92 Å². The lowest BCUT2D eigenvalue weighted by molar-refractivity contribution is 0.134. The van der Waals surface area contributed by atoms with Crippen molar-refractivity contribution >= 4 is 6.16 Å². The van der Waals surface area contributed by atoms with Crippen molar-refractivity contribution in [1.29, 1.82) is 0 Å². The summed E-state index contributed by atoms with van der Waals surface area (Å²) >= 11 is 0. The molecule has 0 radical (unpaired) electrons. The molecule has 0 aromatic rings. The van der Waals surface area contributed by atoms with Gasteiger partial charge in [-0.2, -0.15) is 0 Å². The van der Waals surface area contributed by atoms with Crippen LogP contribution in [-0.4, -0.2) is 11.3 Å². The first-order chi connectivity index (χ1) is 6.57. The van der Waals surface area contributed by atoms with E-state index < -0.39 is 6.16 Å². The van der Waals surface area contributed by atoms with Crippen LogP contribution in [0.15, 0.2) is 0 Å². The molecule has 1 atom stereocenters. The SMILES string of the molecule is CCCCC(C#COC(=O)O)C(C)C. The number of rotatable bonds is 4. The Bertz CT molecular complexity index is 222. The van der Waals surface area contributed by atoms with Gasteiger partial charge in [-0.3, -0.25) is 0 Å². The second kappa shape index (κ2) is 7.25. The van der Waals surface area contributed by atoms with Crippen LogP contribution >= 0.6 is 0 Å². The van der Waals surface area contributed by atoms with Crippen LogP contribution in [0.4, 0.5) is 4.79 Å². The summed E-state index contributed by atoms with van der Waals surface area (Å²) in [6, 6.07) is 0. The van der Waals surface area contributed by atoms with E-state index in [9.17, 15) is 4.79 Å². The van der Waals surface area contributed by atoms with Crippen molar-refractivity contribution in [3.8, 4) is 12.0 Å². The number of hydrogen-bond donors (Lipinski definition) is 1. The van der Waals surface area contributed by atoms with Crippen LogP contribution in [-0.2, 0) is 4.74 Å². The van der Waals surface area contributed by atoms with Gasteiger partial charge in [0.15, 0.2) is 0 Å². The molecule has 1 unspecified atom stereocenters. The number of unbranched alkanes of at least 4 members (excludes halogenated alkanes) is 1. The lowest BCUT2D eigenvalue weighted by Crippen LogP contribution is -2.06. The van der Waals surface area contributed by atoms with Gasteiger partial charge in [0.25, 0.3) is 0 Å². The maximum atomic E-state index is 10.0. The molecular weight excluding hydrogens is 180 g/mol. The van der Waals surface area contributed by atoms with E-state index in [-0.39, 0.29) is 5.92 Å². The van der Waals surface area contributed by atoms with Gasteiger partial charge in [-0.1, -0.05) is 39.5 Å². The highest BCUT2D eigenvalue weighted by molar-refractivity contribution is 5.58. The summed E-state index contributed by atoms with van der Waals surface area (Å²) in [5, 5.41) is 8.22. The zero-order valence-electron chi connectivity index (χ0n) is 9.04. The number of carbonyl (C=O) groups is 1. The molecule has 0 rings (SSSR count). The van der Waals surface area contributed by atoms with Crippen molar-refractivity contribution in [2.75, 3.05) is 0 Å². The molecule has 80 valence electrons. The molecule has 0 aliphatic heterocycles. The van der Waals surface area contributed by atoms with Crippen LogP contribution in [0.1, 0.15) is 40.0 Å². The lowest BCUT2D eigenvalue weighted by atomic mass is 9.91. The van der Waals surface area contributed by atoms with Gasteiger partial charge in [-0.15, -0.1) is 0 Å². The van der Waals surface area contributed by atoms with Gasteiger partial charge < -0.3 is 9.84 Å². The van der Waals surface area contributed by atoms with Crippen molar-refractivity contribution in [2.45, 2.75) is 40.0 Å². The van der Waals surface area contributed by atoms with Crippen molar-refractivity contribution in [2.24, 2.45) is 11.8 Å². The largest absolute Gasteiger partial charge is 0.520 e. The molecule has 1 N–H and O–H groups in total. The Balaban J connectivity index is 4.05. The molecule has 0 aliphatic carbocycles. The summed E-state index contributed by atoms with van der Waals surface area (Å²) in [5.74, 6) is 3.50. The Morgan fingerprint density at radius 2 is 2.14 bits per heavy atom. The van der Waals surface area contributed by atoms with Gasteiger partial charge in [-0.25, -0.2) is 4.79 Å². The van der Waals surface area contributed by atoms with Gasteiger partial charge in [0.2, 0.25) is 0 Å². The standard InChI is InChI=1S/C11H18O3/c1-4-5-6-10(9(2)3)7-8-14-11(12)13/h9-10H,4-6H2,1-3H3,(H,12,13). The first-order valence-corrected chi connectivity index (χ1v) is 4.98. The number of carboxylic acid groups (broad SMARTS) is 1. The first kappa shape index (κ1) is 12.8. The van der Waals surface area contributed by atoms with E-state index in [1.807, 2.05) is 0 Å². The zero-order chi connectivity index (χ0) is 11.0. The zero-order valence-corrected chi connectivity index (χ0v) is 9.04. The maximum Gasteiger partial charge on any atom is 0.520 e. The van der Waals surface area contributed by atoms with Crippen molar-refractivity contribution in [1.82, 2.24) is 0 Å². The molecule has 0 saturated carbocycles. The Hall–Kier alpha value is -1.17. The van der Waals surface area contributed by atoms with E-state index in [1.165, 1.54) is 0 Å². The molecule has 0 aromatic carbocycles. The molecule has 0 saturated heterocycles. The molecule has 0 amide bonds. The highest BCUT2D eigenvalue weighted by Gasteiger charge is 2.09. The van der Waals surface area contributed by atoms with Crippen LogP contribution in [0.5, 0.6) is 0 Å². The Morgan fingerprint density at radius 3 is 2.57 bits per heavy atom. The molecule has 3 heteroatoms. The van der Waals surface area contributed by atoms with E-state index >= 15 is 0 Å². The van der Waals surface area contributed by atoms with Crippen LogP contribution in [0.2, 0.25) is 0 Å². The molecule has 0 heterocycles. The van der Waals surface area contributed by atoms with Gasteiger partial charge in [-0.05, 0) is 12.3 Å². The average Bonchev–Trinajstić information content (AvgIpc) is 2.09. The molecule has 0 aliphatic rings. The molecule has 0 spiro atoms. The molecular formula is C11H18O3. The summed E-state index contributed by atoms with van der Waals surface area (Å²) < 4.78 is 4.16. The summed E-state index contributed by atoms with van der Waals surface area (Å²) in [6.45, 7) is 6.28. The van der Waals surface area contributed by atoms with Crippen LogP contribution in [0.25, 0.3) is 0 Å². The minimum Gasteiger partial charge on any atom is -0.449 e. The first-order valence-electron chi connectivity index (χ1n) is 4.98. The molecule has 3 nitrogen and oxygen atoms in total. The smallest absolute Gasteiger partial charge is 0.449 e. The van der Waals surface area contributed by atoms with E-state index in [4.69, 9.17) is 5.11 Å². The fraction of sp³-hybridized carbons (Fsp3) is 0.727. The molecule has 0 aromatic heterocycles. The predicted octanol–water partition coefficient (Wildman–Crippen LogP) is 3.10. The predicted molar refractivity (Wildman–Crippen MR) is 54.7 cm³/mol. The monoisotopic (exact) mass is 198 g/mol. The van der Waals surface area contributed by atoms with Crippen molar-refractivity contribution in [3.63, 3.8) is 0 Å². The summed E-state index contributed by atoms with van der Waals surface area (Å²) in [7, 11) is 0. The molecule has 0 bridgehead atoms. The van der Waals surface area contributed by atoms with Crippen molar-refractivity contribution < 1.29 is 14.6 Å². The number of ether oxygens (including phenoxy) is 1. The normalized spacial score (nSPS) is 11.7. The third kappa shape index (κ3) is 6.36. The van der Waals surface area contributed by atoms with Crippen LogP contribution in [0.3, 0.4) is 0 Å². The highest BCUT2D eigenvalue weighted by Crippen LogP contribution is 2.16. The Labute approximate surface area is 85.5 Å². The summed E-state index contributed by atoms with van der Waals surface area (Å²) in [4.78, 5) is 10.0. The third-order valence-corrected chi connectivity index (χ3v) is 2.06. The maximum absolute atomic E-state index is 10.0.